The normalized spacial score (nSPS) is 12.8. The van der Waals surface area contributed by atoms with Crippen LogP contribution in [0.4, 0.5) is 0 Å². The third kappa shape index (κ3) is 3.30. The highest BCUT2D eigenvalue weighted by Crippen LogP contribution is 2.03. The number of carbonyl (C=O) groups is 1. The van der Waals surface area contributed by atoms with Gasteiger partial charge in [0.15, 0.2) is 12.4 Å². The Morgan fingerprint density at radius 1 is 1.56 bits per heavy atom. The molecule has 0 saturated carbocycles. The first-order valence-corrected chi connectivity index (χ1v) is 5.25. The molecule has 0 fully saturated rings. The van der Waals surface area contributed by atoms with Crippen molar-refractivity contribution in [1.29, 1.82) is 0 Å². The van der Waals surface area contributed by atoms with Crippen molar-refractivity contribution in [2.24, 2.45) is 0 Å². The van der Waals surface area contributed by atoms with Gasteiger partial charge in [0, 0.05) is 0 Å². The Kier molecular flexibility index (Phi) is 4.42. The zero-order valence-electron chi connectivity index (χ0n) is 10.1. The van der Waals surface area contributed by atoms with Crippen LogP contribution < -0.4 is 0 Å². The van der Waals surface area contributed by atoms with Crippen molar-refractivity contribution >= 4 is 5.97 Å². The lowest BCUT2D eigenvalue weighted by molar-refractivity contribution is -0.150. The topological polar surface area (TPSA) is 71.1 Å². The molecule has 0 saturated heterocycles. The van der Waals surface area contributed by atoms with Gasteiger partial charge in [-0.15, -0.1) is 0 Å². The maximum absolute atomic E-state index is 11.7. The van der Waals surface area contributed by atoms with Crippen LogP contribution in [0.3, 0.4) is 0 Å². The maximum Gasteiger partial charge on any atom is 0.323 e. The van der Waals surface area contributed by atoms with Crippen LogP contribution in [0.2, 0.25) is 0 Å². The Balaban J connectivity index is 2.45. The summed E-state index contributed by atoms with van der Waals surface area (Å²) in [6.45, 7) is 3.86. The van der Waals surface area contributed by atoms with Gasteiger partial charge in [-0.05, 0) is 27.4 Å². The molecule has 1 atom stereocenters. The van der Waals surface area contributed by atoms with Gasteiger partial charge in [-0.25, -0.2) is 4.98 Å². The quantitative estimate of drug-likeness (QED) is 0.740. The van der Waals surface area contributed by atoms with Crippen LogP contribution in [0.15, 0.2) is 0 Å². The van der Waals surface area contributed by atoms with Crippen molar-refractivity contribution in [3.8, 4) is 0 Å². The molecule has 0 aromatic carbocycles. The Hall–Kier alpha value is -1.43. The number of nitrogens with one attached hydrogen (secondary N) is 1. The van der Waals surface area contributed by atoms with Crippen LogP contribution >= 0.6 is 0 Å². The fraction of sp³-hybridized carbons (Fsp3) is 0.700. The fourth-order valence-corrected chi connectivity index (χ4v) is 1.43. The number of H-pyrrole nitrogens is 1. The molecule has 1 aromatic heterocycles. The number of aryl methyl sites for hydroxylation is 1. The Morgan fingerprint density at radius 3 is 2.69 bits per heavy atom. The summed E-state index contributed by atoms with van der Waals surface area (Å²) in [7, 11) is 3.71. The molecular weight excluding hydrogens is 208 g/mol. The van der Waals surface area contributed by atoms with E-state index in [2.05, 4.69) is 15.2 Å². The molecule has 6 heteroatoms. The number of esters is 1. The molecule has 0 amide bonds. The summed E-state index contributed by atoms with van der Waals surface area (Å²) in [4.78, 5) is 17.6. The van der Waals surface area contributed by atoms with Crippen molar-refractivity contribution < 1.29 is 9.53 Å². The number of nitrogens with zero attached hydrogens (tertiary/aromatic N) is 3. The molecule has 6 nitrogen and oxygen atoms in total. The van der Waals surface area contributed by atoms with Gasteiger partial charge in [0.05, 0.1) is 0 Å². The van der Waals surface area contributed by atoms with E-state index < -0.39 is 0 Å². The van der Waals surface area contributed by atoms with Crippen LogP contribution in [0.1, 0.15) is 25.0 Å². The van der Waals surface area contributed by atoms with Gasteiger partial charge in [0.1, 0.15) is 11.9 Å². The lowest BCUT2D eigenvalue weighted by atomic mass is 10.2. The first kappa shape index (κ1) is 12.6. The smallest absolute Gasteiger partial charge is 0.323 e. The molecule has 16 heavy (non-hydrogen) atoms. The maximum atomic E-state index is 11.7. The minimum absolute atomic E-state index is 0.119. The summed E-state index contributed by atoms with van der Waals surface area (Å²) in [6.07, 6.45) is 0.721. The predicted octanol–water partition coefficient (Wildman–Crippen LogP) is 0.497. The van der Waals surface area contributed by atoms with E-state index in [9.17, 15) is 4.79 Å². The number of ether oxygens (including phenoxy) is 1. The van der Waals surface area contributed by atoms with Gasteiger partial charge in [0.25, 0.3) is 0 Å². The van der Waals surface area contributed by atoms with E-state index in [0.29, 0.717) is 11.6 Å². The van der Waals surface area contributed by atoms with Crippen LogP contribution in [0.5, 0.6) is 0 Å². The average molecular weight is 226 g/mol. The summed E-state index contributed by atoms with van der Waals surface area (Å²) in [5.74, 6) is 0.972. The molecule has 0 aliphatic heterocycles. The van der Waals surface area contributed by atoms with Crippen LogP contribution in [-0.2, 0) is 16.1 Å². The molecule has 0 bridgehead atoms. The predicted molar refractivity (Wildman–Crippen MR) is 58.7 cm³/mol. The van der Waals surface area contributed by atoms with Crippen molar-refractivity contribution in [3.63, 3.8) is 0 Å². The van der Waals surface area contributed by atoms with E-state index in [-0.39, 0.29) is 18.6 Å². The van der Waals surface area contributed by atoms with Crippen molar-refractivity contribution in [2.75, 3.05) is 14.1 Å². The number of hydrogen-bond acceptors (Lipinski definition) is 5. The molecule has 1 aromatic rings. The van der Waals surface area contributed by atoms with Gasteiger partial charge >= 0.3 is 5.97 Å². The van der Waals surface area contributed by atoms with E-state index in [0.717, 1.165) is 6.42 Å². The second kappa shape index (κ2) is 5.60. The minimum Gasteiger partial charge on any atom is -0.456 e. The third-order valence-electron chi connectivity index (χ3n) is 2.27. The molecule has 0 spiro atoms. The Morgan fingerprint density at radius 2 is 2.25 bits per heavy atom. The monoisotopic (exact) mass is 226 g/mol. The SMILES string of the molecule is CC[C@@H](C(=O)OCc1n[nH]c(C)n1)N(C)C. The van der Waals surface area contributed by atoms with Crippen LogP contribution in [-0.4, -0.2) is 46.2 Å². The standard InChI is InChI=1S/C10H18N4O2/c1-5-8(14(3)4)10(15)16-6-9-11-7(2)12-13-9/h8H,5-6H2,1-4H3,(H,11,12,13)/t8-/m0/s1. The number of rotatable bonds is 5. The largest absolute Gasteiger partial charge is 0.456 e. The highest BCUT2D eigenvalue weighted by Gasteiger charge is 2.20. The molecule has 0 radical (unpaired) electrons. The van der Waals surface area contributed by atoms with Gasteiger partial charge in [-0.1, -0.05) is 6.92 Å². The number of carbonyl (C=O) groups excluding carboxylic acids is 1. The van der Waals surface area contributed by atoms with Gasteiger partial charge < -0.3 is 4.74 Å². The molecule has 1 N–H and O–H groups in total. The molecule has 1 heterocycles. The second-order valence-corrected chi connectivity index (χ2v) is 3.83. The number of aromatic amines is 1. The third-order valence-corrected chi connectivity index (χ3v) is 2.27. The summed E-state index contributed by atoms with van der Waals surface area (Å²) >= 11 is 0. The molecular formula is C10H18N4O2. The van der Waals surface area contributed by atoms with Crippen LogP contribution in [0.25, 0.3) is 0 Å². The van der Waals surface area contributed by atoms with Gasteiger partial charge in [0.2, 0.25) is 0 Å². The highest BCUT2D eigenvalue weighted by atomic mass is 16.5. The summed E-state index contributed by atoms with van der Waals surface area (Å²) in [6, 6.07) is -0.208. The van der Waals surface area contributed by atoms with E-state index in [1.165, 1.54) is 0 Å². The number of likely N-dealkylation sites (N-methyl/N-ethyl adjacent to an activating group) is 1. The lowest BCUT2D eigenvalue weighted by Crippen LogP contribution is -2.36. The number of aromatic nitrogens is 3. The van der Waals surface area contributed by atoms with Crippen molar-refractivity contribution in [2.45, 2.75) is 32.9 Å². The Bertz CT molecular complexity index is 348. The molecule has 0 aliphatic carbocycles. The van der Waals surface area contributed by atoms with Crippen molar-refractivity contribution in [1.82, 2.24) is 20.1 Å². The van der Waals surface area contributed by atoms with E-state index in [1.54, 1.807) is 6.92 Å². The molecule has 90 valence electrons. The summed E-state index contributed by atoms with van der Waals surface area (Å²) in [5, 5.41) is 6.59. The van der Waals surface area contributed by atoms with Gasteiger partial charge in [-0.3, -0.25) is 14.8 Å². The summed E-state index contributed by atoms with van der Waals surface area (Å²) in [5.41, 5.74) is 0. The first-order chi connectivity index (χ1) is 7.54. The molecule has 0 unspecified atom stereocenters. The van der Waals surface area contributed by atoms with Crippen molar-refractivity contribution in [3.05, 3.63) is 11.6 Å². The lowest BCUT2D eigenvalue weighted by Gasteiger charge is -2.20. The van der Waals surface area contributed by atoms with Gasteiger partial charge in [-0.2, -0.15) is 5.10 Å². The zero-order valence-corrected chi connectivity index (χ0v) is 10.1. The second-order valence-electron chi connectivity index (χ2n) is 3.83. The fourth-order valence-electron chi connectivity index (χ4n) is 1.43. The van der Waals surface area contributed by atoms with E-state index in [1.807, 2.05) is 25.9 Å². The van der Waals surface area contributed by atoms with E-state index >= 15 is 0 Å². The first-order valence-electron chi connectivity index (χ1n) is 5.25. The molecule has 1 rings (SSSR count). The zero-order chi connectivity index (χ0) is 12.1. The Labute approximate surface area is 95.0 Å². The summed E-state index contributed by atoms with van der Waals surface area (Å²) < 4.78 is 5.13. The van der Waals surface area contributed by atoms with E-state index in [4.69, 9.17) is 4.74 Å². The molecule has 0 aliphatic rings. The number of hydrogen-bond donors (Lipinski definition) is 1. The highest BCUT2D eigenvalue weighted by molar-refractivity contribution is 5.75. The van der Waals surface area contributed by atoms with Crippen LogP contribution in [0, 0.1) is 6.92 Å². The average Bonchev–Trinajstić information content (AvgIpc) is 2.62. The minimum atomic E-state index is -0.241.